The van der Waals surface area contributed by atoms with Gasteiger partial charge in [-0.1, -0.05) is 0 Å². The monoisotopic (exact) mass is 106 g/mol. The van der Waals surface area contributed by atoms with E-state index in [0.717, 1.165) is 0 Å². The van der Waals surface area contributed by atoms with Gasteiger partial charge in [-0.25, -0.2) is 10.9 Å². The smallest absolute Gasteiger partial charge is 0.130 e. The van der Waals surface area contributed by atoms with E-state index >= 15 is 0 Å². The molecule has 0 saturated carbocycles. The molecule has 0 aromatic carbocycles. The summed E-state index contributed by atoms with van der Waals surface area (Å²) in [6, 6.07) is 0. The molecular formula is C3H10N2S. The van der Waals surface area contributed by atoms with Crippen molar-refractivity contribution in [3.63, 3.8) is 0 Å². The highest BCUT2D eigenvalue weighted by Gasteiger charge is 1.84. The topological polar surface area (TPSA) is 49.9 Å². The summed E-state index contributed by atoms with van der Waals surface area (Å²) in [4.78, 5) is 0. The van der Waals surface area contributed by atoms with E-state index in [4.69, 9.17) is 11.1 Å². The van der Waals surface area contributed by atoms with Gasteiger partial charge in [-0.05, 0) is 12.5 Å². The number of thiol groups is 1. The zero-order chi connectivity index (χ0) is 5.15. The highest BCUT2D eigenvalue weighted by Crippen LogP contribution is 2.08. The summed E-state index contributed by atoms with van der Waals surface area (Å²) in [5, 5.41) is 7.08. The van der Waals surface area contributed by atoms with Gasteiger partial charge >= 0.3 is 0 Å². The molecule has 0 saturated heterocycles. The molecule has 3 heteroatoms. The van der Waals surface area contributed by atoms with Gasteiger partial charge in [0.15, 0.2) is 0 Å². The van der Waals surface area contributed by atoms with E-state index in [1.54, 1.807) is 0 Å². The van der Waals surface area contributed by atoms with E-state index in [9.17, 15) is 0 Å². The quantitative estimate of drug-likeness (QED) is 0.230. The molecule has 0 rings (SSSR count). The van der Waals surface area contributed by atoms with Crippen LogP contribution in [-0.2, 0) is 0 Å². The molecule has 6 heavy (non-hydrogen) atoms. The van der Waals surface area contributed by atoms with Crippen LogP contribution < -0.4 is 5.73 Å². The van der Waals surface area contributed by atoms with Crippen molar-refractivity contribution in [3.8, 4) is 0 Å². The molecule has 0 amide bonds. The van der Waals surface area contributed by atoms with Gasteiger partial charge in [0.1, 0.15) is 5.17 Å². The average Bonchev–Trinajstić information content (AvgIpc) is 1.36. The lowest BCUT2D eigenvalue weighted by molar-refractivity contribution is 1.50. The number of hydrogen-bond acceptors (Lipinski definition) is 1. The van der Waals surface area contributed by atoms with Gasteiger partial charge in [0.25, 0.3) is 0 Å². The predicted molar refractivity (Wildman–Crippen MR) is 32.7 cm³/mol. The molecule has 0 heterocycles. The highest BCUT2D eigenvalue weighted by atomic mass is 32.2. The van der Waals surface area contributed by atoms with Crippen LogP contribution in [0.1, 0.15) is 0 Å². The molecule has 0 aliphatic carbocycles. The highest BCUT2D eigenvalue weighted by molar-refractivity contribution is 8.28. The van der Waals surface area contributed by atoms with E-state index in [1.165, 1.54) is 0 Å². The third-order valence-electron chi connectivity index (χ3n) is 0.482. The maximum atomic E-state index is 6.76. The summed E-state index contributed by atoms with van der Waals surface area (Å²) in [7, 11) is -0.298. The van der Waals surface area contributed by atoms with Crippen molar-refractivity contribution in [2.45, 2.75) is 0 Å². The van der Waals surface area contributed by atoms with E-state index in [1.807, 2.05) is 12.5 Å². The van der Waals surface area contributed by atoms with Gasteiger partial charge in [-0.2, -0.15) is 0 Å². The van der Waals surface area contributed by atoms with Crippen molar-refractivity contribution in [2.24, 2.45) is 5.73 Å². The Hall–Kier alpha value is -0.180. The van der Waals surface area contributed by atoms with Crippen molar-refractivity contribution >= 4 is 16.1 Å². The summed E-state index contributed by atoms with van der Waals surface area (Å²) in [6.45, 7) is 0. The van der Waals surface area contributed by atoms with Crippen LogP contribution in [-0.4, -0.2) is 17.7 Å². The summed E-state index contributed by atoms with van der Waals surface area (Å²) in [5.74, 6) is 0. The van der Waals surface area contributed by atoms with Crippen molar-refractivity contribution in [1.29, 1.82) is 5.41 Å². The van der Waals surface area contributed by atoms with Crippen LogP contribution in [0.3, 0.4) is 0 Å². The second kappa shape index (κ2) is 2.08. The fraction of sp³-hybridized carbons (Fsp3) is 0.667. The summed E-state index contributed by atoms with van der Waals surface area (Å²) in [6.07, 6.45) is 3.91. The molecule has 0 fully saturated rings. The van der Waals surface area contributed by atoms with Gasteiger partial charge < -0.3 is 5.73 Å². The van der Waals surface area contributed by atoms with E-state index in [2.05, 4.69) is 0 Å². The SMILES string of the molecule is C[SH](C)C(=N)N. The van der Waals surface area contributed by atoms with Crippen LogP contribution in [0.5, 0.6) is 0 Å². The molecule has 0 unspecified atom stereocenters. The molecule has 0 spiro atoms. The average molecular weight is 106 g/mol. The summed E-state index contributed by atoms with van der Waals surface area (Å²) >= 11 is 0. The minimum absolute atomic E-state index is 0.298. The fourth-order valence-electron chi connectivity index (χ4n) is 0. The second-order valence-electron chi connectivity index (χ2n) is 1.28. The van der Waals surface area contributed by atoms with Crippen LogP contribution >= 0.6 is 10.9 Å². The third kappa shape index (κ3) is 2.08. The Morgan fingerprint density at radius 1 is 1.67 bits per heavy atom. The lowest BCUT2D eigenvalue weighted by Gasteiger charge is -2.01. The van der Waals surface area contributed by atoms with Crippen LogP contribution in [0, 0.1) is 5.41 Å². The molecule has 0 aromatic heterocycles. The first-order valence-electron chi connectivity index (χ1n) is 1.66. The first kappa shape index (κ1) is 5.82. The summed E-state index contributed by atoms with van der Waals surface area (Å²) < 4.78 is 0. The lowest BCUT2D eigenvalue weighted by atomic mass is 11.4. The normalized spacial score (nSPS) is 10.7. The van der Waals surface area contributed by atoms with Crippen LogP contribution in [0.25, 0.3) is 0 Å². The minimum atomic E-state index is -0.298. The Morgan fingerprint density at radius 3 is 1.83 bits per heavy atom. The van der Waals surface area contributed by atoms with E-state index in [0.29, 0.717) is 5.17 Å². The molecule has 0 radical (unpaired) electrons. The number of hydrogen-bond donors (Lipinski definition) is 3. The maximum absolute atomic E-state index is 6.76. The Morgan fingerprint density at radius 2 is 1.83 bits per heavy atom. The van der Waals surface area contributed by atoms with E-state index < -0.39 is 0 Å². The number of nitrogens with two attached hydrogens (primary N) is 1. The van der Waals surface area contributed by atoms with Gasteiger partial charge in [0, 0.05) is 0 Å². The Balaban J connectivity index is 3.26. The molecule has 3 N–H and O–H groups in total. The van der Waals surface area contributed by atoms with E-state index in [-0.39, 0.29) is 10.9 Å². The molecule has 0 aliphatic rings. The van der Waals surface area contributed by atoms with Crippen LogP contribution in [0.15, 0.2) is 0 Å². The van der Waals surface area contributed by atoms with Gasteiger partial charge in [0.05, 0.1) is 0 Å². The summed E-state index contributed by atoms with van der Waals surface area (Å²) in [5.41, 5.74) is 5.05. The third-order valence-corrected chi connectivity index (χ3v) is 1.45. The zero-order valence-corrected chi connectivity index (χ0v) is 4.92. The Bertz CT molecular complexity index is 59.8. The number of rotatable bonds is 0. The molecule has 0 aromatic rings. The van der Waals surface area contributed by atoms with Gasteiger partial charge in [-0.3, -0.25) is 5.41 Å². The van der Waals surface area contributed by atoms with Crippen molar-refractivity contribution < 1.29 is 0 Å². The molecule has 0 atom stereocenters. The molecule has 0 aliphatic heterocycles. The first-order chi connectivity index (χ1) is 2.64. The van der Waals surface area contributed by atoms with Gasteiger partial charge in [0.2, 0.25) is 0 Å². The largest absolute Gasteiger partial charge is 0.380 e. The predicted octanol–water partition coefficient (Wildman–Crippen LogP) is 0.141. The van der Waals surface area contributed by atoms with Crippen molar-refractivity contribution in [1.82, 2.24) is 0 Å². The van der Waals surface area contributed by atoms with Crippen LogP contribution in [0.2, 0.25) is 0 Å². The standard InChI is InChI=1S/C3H10N2S/c1-6(2)3(4)5/h6H,1-2H3,(H3,4,5). The molecule has 0 bridgehead atoms. The minimum Gasteiger partial charge on any atom is -0.380 e. The Kier molecular flexibility index (Phi) is 2.01. The van der Waals surface area contributed by atoms with Crippen molar-refractivity contribution in [3.05, 3.63) is 0 Å². The Labute approximate surface area is 40.6 Å². The first-order valence-corrected chi connectivity index (χ1v) is 3.89. The molecule has 38 valence electrons. The zero-order valence-electron chi connectivity index (χ0n) is 4.02. The fourth-order valence-corrected chi connectivity index (χ4v) is 0. The van der Waals surface area contributed by atoms with Crippen LogP contribution in [0.4, 0.5) is 0 Å². The molecule has 2 nitrogen and oxygen atoms in total. The second-order valence-corrected chi connectivity index (χ2v) is 3.55. The number of nitrogens with one attached hydrogen (secondary N) is 1. The lowest BCUT2D eigenvalue weighted by Crippen LogP contribution is -2.07. The van der Waals surface area contributed by atoms with Crippen molar-refractivity contribution in [2.75, 3.05) is 12.5 Å². The molecular weight excluding hydrogens is 96.1 g/mol. The maximum Gasteiger partial charge on any atom is 0.130 e. The number of amidine groups is 1. The van der Waals surface area contributed by atoms with Gasteiger partial charge in [-0.15, -0.1) is 0 Å².